The topological polar surface area (TPSA) is 59.4 Å². The molecule has 1 fully saturated rings. The Morgan fingerprint density at radius 1 is 1.28 bits per heavy atom. The number of carbonyl (C=O) groups excluding carboxylic acids is 1. The molecule has 0 unspecified atom stereocenters. The van der Waals surface area contributed by atoms with Gasteiger partial charge in [0.2, 0.25) is 0 Å². The van der Waals surface area contributed by atoms with Gasteiger partial charge in [-0.3, -0.25) is 5.32 Å². The van der Waals surface area contributed by atoms with Crippen LogP contribution < -0.4 is 5.32 Å². The summed E-state index contributed by atoms with van der Waals surface area (Å²) < 4.78 is 33.7. The summed E-state index contributed by atoms with van der Waals surface area (Å²) in [4.78, 5) is 13.3. The maximum atomic E-state index is 13.6. The number of ether oxygens (including phenoxy) is 1. The minimum atomic E-state index is -3.05. The number of aryl methyl sites for hydroxylation is 2. The number of hydrogen-bond donors (Lipinski definition) is 1. The van der Waals surface area contributed by atoms with E-state index in [4.69, 9.17) is 4.74 Å². The van der Waals surface area contributed by atoms with E-state index in [0.717, 1.165) is 21.8 Å². The summed E-state index contributed by atoms with van der Waals surface area (Å²) in [6.07, 6.45) is 0. The lowest BCUT2D eigenvalue weighted by Gasteiger charge is -2.22. The normalized spacial score (nSPS) is 17.2. The van der Waals surface area contributed by atoms with Gasteiger partial charge in [-0.25, -0.2) is 18.3 Å². The molecule has 1 aromatic carbocycles. The number of amides is 2. The molecule has 134 valence electrons. The Morgan fingerprint density at radius 3 is 2.72 bits per heavy atom. The van der Waals surface area contributed by atoms with E-state index < -0.39 is 25.1 Å². The number of halogens is 2. The first-order chi connectivity index (χ1) is 11.8. The van der Waals surface area contributed by atoms with E-state index >= 15 is 0 Å². The molecule has 0 saturated carbocycles. The molecule has 8 heteroatoms. The molecule has 0 spiro atoms. The molecule has 2 amide bonds. The minimum Gasteiger partial charge on any atom is -0.373 e. The highest BCUT2D eigenvalue weighted by molar-refractivity contribution is 5.88. The molecule has 0 bridgehead atoms. The fraction of sp³-hybridized carbons (Fsp3) is 0.412. The van der Waals surface area contributed by atoms with Gasteiger partial charge in [0.25, 0.3) is 5.92 Å². The van der Waals surface area contributed by atoms with Crippen LogP contribution in [-0.2, 0) is 4.74 Å². The SMILES string of the molecule is Cc1ccc(-n2nc(NC(=O)N3CCOCC(F)(F)C3)cc2C)cc1. The lowest BCUT2D eigenvalue weighted by Crippen LogP contribution is -2.43. The van der Waals surface area contributed by atoms with Gasteiger partial charge in [0, 0.05) is 18.3 Å². The van der Waals surface area contributed by atoms with E-state index in [9.17, 15) is 13.6 Å². The number of carbonyl (C=O) groups is 1. The second-order valence-electron chi connectivity index (χ2n) is 6.18. The molecular weight excluding hydrogens is 330 g/mol. The first kappa shape index (κ1) is 17.3. The summed E-state index contributed by atoms with van der Waals surface area (Å²) in [7, 11) is 0. The van der Waals surface area contributed by atoms with E-state index in [-0.39, 0.29) is 13.2 Å². The third kappa shape index (κ3) is 4.14. The Bertz CT molecular complexity index is 759. The van der Waals surface area contributed by atoms with E-state index in [0.29, 0.717) is 5.82 Å². The van der Waals surface area contributed by atoms with Gasteiger partial charge in [0.1, 0.15) is 6.61 Å². The van der Waals surface area contributed by atoms with E-state index in [1.807, 2.05) is 38.1 Å². The fourth-order valence-electron chi connectivity index (χ4n) is 2.65. The largest absolute Gasteiger partial charge is 0.373 e. The number of aromatic nitrogens is 2. The highest BCUT2D eigenvalue weighted by atomic mass is 19.3. The Hall–Kier alpha value is -2.48. The van der Waals surface area contributed by atoms with Crippen LogP contribution in [0.1, 0.15) is 11.3 Å². The van der Waals surface area contributed by atoms with Crippen LogP contribution in [0.3, 0.4) is 0 Å². The zero-order valence-corrected chi connectivity index (χ0v) is 14.1. The highest BCUT2D eigenvalue weighted by Gasteiger charge is 2.36. The first-order valence-corrected chi connectivity index (χ1v) is 7.99. The number of hydrogen-bond acceptors (Lipinski definition) is 3. The van der Waals surface area contributed by atoms with Crippen LogP contribution in [0.15, 0.2) is 30.3 Å². The quantitative estimate of drug-likeness (QED) is 0.906. The lowest BCUT2D eigenvalue weighted by molar-refractivity contribution is -0.0648. The highest BCUT2D eigenvalue weighted by Crippen LogP contribution is 2.20. The summed E-state index contributed by atoms with van der Waals surface area (Å²) in [6.45, 7) is 2.70. The molecule has 1 aromatic heterocycles. The molecule has 3 rings (SSSR count). The first-order valence-electron chi connectivity index (χ1n) is 7.99. The Balaban J connectivity index is 1.73. The maximum Gasteiger partial charge on any atom is 0.323 e. The minimum absolute atomic E-state index is 0.0832. The van der Waals surface area contributed by atoms with Crippen molar-refractivity contribution in [3.8, 4) is 5.69 Å². The monoisotopic (exact) mass is 350 g/mol. The molecule has 0 radical (unpaired) electrons. The van der Waals surface area contributed by atoms with Gasteiger partial charge >= 0.3 is 6.03 Å². The summed E-state index contributed by atoms with van der Waals surface area (Å²) in [5, 5.41) is 6.93. The van der Waals surface area contributed by atoms with Gasteiger partial charge in [-0.05, 0) is 26.0 Å². The van der Waals surface area contributed by atoms with Crippen molar-refractivity contribution >= 4 is 11.8 Å². The van der Waals surface area contributed by atoms with Crippen molar-refractivity contribution in [1.82, 2.24) is 14.7 Å². The van der Waals surface area contributed by atoms with Crippen molar-refractivity contribution in [1.29, 1.82) is 0 Å². The molecule has 25 heavy (non-hydrogen) atoms. The van der Waals surface area contributed by atoms with Gasteiger partial charge in [0.15, 0.2) is 5.82 Å². The zero-order valence-electron chi connectivity index (χ0n) is 14.1. The number of anilines is 1. The standard InChI is InChI=1S/C17H20F2N4O2/c1-12-3-5-14(6-4-12)23-13(2)9-15(21-23)20-16(24)22-7-8-25-11-17(18,19)10-22/h3-6,9H,7-8,10-11H2,1-2H3,(H,20,21,24). The van der Waals surface area contributed by atoms with Crippen molar-refractivity contribution in [2.75, 3.05) is 31.6 Å². The molecule has 1 N–H and O–H groups in total. The number of nitrogens with zero attached hydrogens (tertiary/aromatic N) is 3. The molecule has 0 atom stereocenters. The van der Waals surface area contributed by atoms with Crippen LogP contribution in [0.4, 0.5) is 19.4 Å². The molecular formula is C17H20F2N4O2. The molecule has 2 heterocycles. The molecule has 1 saturated heterocycles. The van der Waals surface area contributed by atoms with Gasteiger partial charge in [0.05, 0.1) is 18.8 Å². The molecule has 1 aliphatic heterocycles. The third-order valence-corrected chi connectivity index (χ3v) is 3.93. The van der Waals surface area contributed by atoms with Gasteiger partial charge in [-0.1, -0.05) is 17.7 Å². The predicted molar refractivity (Wildman–Crippen MR) is 89.4 cm³/mol. The van der Waals surface area contributed by atoms with Crippen LogP contribution >= 0.6 is 0 Å². The van der Waals surface area contributed by atoms with Crippen LogP contribution in [0.25, 0.3) is 5.69 Å². The van der Waals surface area contributed by atoms with Gasteiger partial charge in [-0.2, -0.15) is 0 Å². The van der Waals surface area contributed by atoms with Gasteiger partial charge < -0.3 is 9.64 Å². The van der Waals surface area contributed by atoms with Crippen LogP contribution in [0, 0.1) is 13.8 Å². The molecule has 0 aliphatic carbocycles. The van der Waals surface area contributed by atoms with E-state index in [1.165, 1.54) is 0 Å². The average molecular weight is 350 g/mol. The van der Waals surface area contributed by atoms with Crippen LogP contribution in [-0.4, -0.2) is 52.9 Å². The summed E-state index contributed by atoms with van der Waals surface area (Å²) in [6, 6.07) is 8.87. The van der Waals surface area contributed by atoms with Crippen molar-refractivity contribution < 1.29 is 18.3 Å². The Labute approximate surface area is 144 Å². The number of rotatable bonds is 2. The maximum absolute atomic E-state index is 13.6. The fourth-order valence-corrected chi connectivity index (χ4v) is 2.65. The number of nitrogens with one attached hydrogen (secondary N) is 1. The number of benzene rings is 1. The lowest BCUT2D eigenvalue weighted by atomic mass is 10.2. The van der Waals surface area contributed by atoms with E-state index in [2.05, 4.69) is 10.4 Å². The Kier molecular flexibility index (Phi) is 4.71. The van der Waals surface area contributed by atoms with Crippen LogP contribution in [0.5, 0.6) is 0 Å². The molecule has 6 nitrogen and oxygen atoms in total. The van der Waals surface area contributed by atoms with Crippen molar-refractivity contribution in [3.05, 3.63) is 41.6 Å². The van der Waals surface area contributed by atoms with Crippen molar-refractivity contribution in [2.24, 2.45) is 0 Å². The summed E-state index contributed by atoms with van der Waals surface area (Å²) in [5.74, 6) is -2.73. The number of alkyl halides is 2. The zero-order chi connectivity index (χ0) is 18.0. The second kappa shape index (κ2) is 6.79. The smallest absolute Gasteiger partial charge is 0.323 e. The Morgan fingerprint density at radius 2 is 2.00 bits per heavy atom. The third-order valence-electron chi connectivity index (χ3n) is 3.93. The molecule has 2 aromatic rings. The molecule has 1 aliphatic rings. The summed E-state index contributed by atoms with van der Waals surface area (Å²) in [5.41, 5.74) is 2.81. The number of urea groups is 1. The predicted octanol–water partition coefficient (Wildman–Crippen LogP) is 2.99. The van der Waals surface area contributed by atoms with E-state index in [1.54, 1.807) is 10.7 Å². The average Bonchev–Trinajstić information content (AvgIpc) is 2.80. The van der Waals surface area contributed by atoms with Crippen molar-refractivity contribution in [2.45, 2.75) is 19.8 Å². The summed E-state index contributed by atoms with van der Waals surface area (Å²) >= 11 is 0. The van der Waals surface area contributed by atoms with Crippen LogP contribution in [0.2, 0.25) is 0 Å². The van der Waals surface area contributed by atoms with Crippen molar-refractivity contribution in [3.63, 3.8) is 0 Å². The second-order valence-corrected chi connectivity index (χ2v) is 6.18. The van der Waals surface area contributed by atoms with Gasteiger partial charge in [-0.15, -0.1) is 5.10 Å².